The average molecular weight is 266 g/mol. The highest BCUT2D eigenvalue weighted by atomic mass is 16.5. The highest BCUT2D eigenvalue weighted by Gasteiger charge is 2.22. The summed E-state index contributed by atoms with van der Waals surface area (Å²) in [4.78, 5) is 11.8. The molecule has 0 saturated carbocycles. The molecule has 0 unspecified atom stereocenters. The fourth-order valence-corrected chi connectivity index (χ4v) is 1.88. The number of aliphatic hydroxyl groups is 1. The highest BCUT2D eigenvalue weighted by molar-refractivity contribution is 5.90. The first-order valence-corrected chi connectivity index (χ1v) is 6.45. The van der Waals surface area contributed by atoms with Gasteiger partial charge >= 0.3 is 5.97 Å². The Morgan fingerprint density at radius 3 is 2.42 bits per heavy atom. The first-order valence-electron chi connectivity index (χ1n) is 6.45. The third kappa shape index (κ3) is 3.70. The molecule has 4 nitrogen and oxygen atoms in total. The van der Waals surface area contributed by atoms with Gasteiger partial charge in [0.15, 0.2) is 0 Å². The molecule has 0 radical (unpaired) electrons. The van der Waals surface area contributed by atoms with Crippen molar-refractivity contribution in [3.63, 3.8) is 0 Å². The van der Waals surface area contributed by atoms with Crippen molar-refractivity contribution < 1.29 is 19.7 Å². The van der Waals surface area contributed by atoms with Crippen molar-refractivity contribution in [3.05, 3.63) is 28.8 Å². The van der Waals surface area contributed by atoms with Crippen LogP contribution in [0.1, 0.15) is 49.2 Å². The SMILES string of the molecule is CCc1cc(C(=O)OCCO)cc(C(C)(C)C)c1O. The molecule has 1 rings (SSSR count). The number of carbonyl (C=O) groups excluding carboxylic acids is 1. The first-order chi connectivity index (χ1) is 8.81. The van der Waals surface area contributed by atoms with Gasteiger partial charge < -0.3 is 14.9 Å². The first kappa shape index (κ1) is 15.5. The molecular weight excluding hydrogens is 244 g/mol. The number of rotatable bonds is 4. The summed E-state index contributed by atoms with van der Waals surface area (Å²) in [6, 6.07) is 3.30. The van der Waals surface area contributed by atoms with Crippen LogP contribution in [0.2, 0.25) is 0 Å². The third-order valence-corrected chi connectivity index (χ3v) is 2.94. The van der Waals surface area contributed by atoms with Gasteiger partial charge in [0.2, 0.25) is 0 Å². The van der Waals surface area contributed by atoms with Gasteiger partial charge in [0.1, 0.15) is 12.4 Å². The number of aromatic hydroxyl groups is 1. The van der Waals surface area contributed by atoms with E-state index >= 15 is 0 Å². The molecule has 0 fully saturated rings. The fraction of sp³-hybridized carbons (Fsp3) is 0.533. The van der Waals surface area contributed by atoms with Gasteiger partial charge in [0.25, 0.3) is 0 Å². The quantitative estimate of drug-likeness (QED) is 0.821. The maximum Gasteiger partial charge on any atom is 0.338 e. The number of ether oxygens (including phenoxy) is 1. The zero-order valence-corrected chi connectivity index (χ0v) is 12.0. The minimum absolute atomic E-state index is 0.0218. The van der Waals surface area contributed by atoms with E-state index in [9.17, 15) is 9.90 Å². The molecular formula is C15H22O4. The minimum atomic E-state index is -0.478. The van der Waals surface area contributed by atoms with Gasteiger partial charge in [-0.05, 0) is 29.5 Å². The molecule has 0 spiro atoms. The Balaban J connectivity index is 3.24. The Kier molecular flexibility index (Phi) is 4.95. The molecule has 2 N–H and O–H groups in total. The highest BCUT2D eigenvalue weighted by Crippen LogP contribution is 2.34. The topological polar surface area (TPSA) is 66.8 Å². The number of benzene rings is 1. The standard InChI is InChI=1S/C15H22O4/c1-5-10-8-11(14(18)19-7-6-16)9-12(13(10)17)15(2,3)4/h8-9,16-17H,5-7H2,1-4H3. The van der Waals surface area contributed by atoms with Crippen molar-refractivity contribution in [1.82, 2.24) is 0 Å². The van der Waals surface area contributed by atoms with E-state index in [1.54, 1.807) is 12.1 Å². The second kappa shape index (κ2) is 6.06. The van der Waals surface area contributed by atoms with E-state index < -0.39 is 5.97 Å². The van der Waals surface area contributed by atoms with Gasteiger partial charge in [-0.1, -0.05) is 27.7 Å². The largest absolute Gasteiger partial charge is 0.507 e. The number of aryl methyl sites for hydroxylation is 1. The van der Waals surface area contributed by atoms with E-state index in [4.69, 9.17) is 9.84 Å². The molecule has 106 valence electrons. The number of hydrogen-bond donors (Lipinski definition) is 2. The average Bonchev–Trinajstić information content (AvgIpc) is 2.34. The summed E-state index contributed by atoms with van der Waals surface area (Å²) in [5.74, 6) is -0.233. The summed E-state index contributed by atoms with van der Waals surface area (Å²) >= 11 is 0. The number of aliphatic hydroxyl groups excluding tert-OH is 1. The van der Waals surface area contributed by atoms with Crippen LogP contribution in [0.5, 0.6) is 5.75 Å². The fourth-order valence-electron chi connectivity index (χ4n) is 1.88. The molecule has 0 aliphatic rings. The minimum Gasteiger partial charge on any atom is -0.507 e. The van der Waals surface area contributed by atoms with Crippen molar-refractivity contribution in [3.8, 4) is 5.75 Å². The van der Waals surface area contributed by atoms with Crippen molar-refractivity contribution in [2.75, 3.05) is 13.2 Å². The summed E-state index contributed by atoms with van der Waals surface area (Å²) in [5.41, 5.74) is 1.60. The molecule has 1 aromatic rings. The van der Waals surface area contributed by atoms with Gasteiger partial charge in [0, 0.05) is 5.56 Å². The van der Waals surface area contributed by atoms with Gasteiger partial charge in [-0.2, -0.15) is 0 Å². The smallest absolute Gasteiger partial charge is 0.338 e. The van der Waals surface area contributed by atoms with E-state index in [0.29, 0.717) is 12.0 Å². The maximum atomic E-state index is 11.8. The van der Waals surface area contributed by atoms with Crippen LogP contribution in [0.3, 0.4) is 0 Å². The molecule has 0 saturated heterocycles. The number of esters is 1. The Morgan fingerprint density at radius 2 is 1.95 bits per heavy atom. The van der Waals surface area contributed by atoms with E-state index in [-0.39, 0.29) is 24.4 Å². The maximum absolute atomic E-state index is 11.8. The molecule has 0 bridgehead atoms. The van der Waals surface area contributed by atoms with Crippen molar-refractivity contribution in [2.24, 2.45) is 0 Å². The second-order valence-electron chi connectivity index (χ2n) is 5.49. The van der Waals surface area contributed by atoms with Crippen LogP contribution >= 0.6 is 0 Å². The van der Waals surface area contributed by atoms with Gasteiger partial charge in [-0.3, -0.25) is 0 Å². The molecule has 0 amide bonds. The van der Waals surface area contributed by atoms with Crippen LogP contribution in [0.15, 0.2) is 12.1 Å². The van der Waals surface area contributed by atoms with Crippen molar-refractivity contribution in [2.45, 2.75) is 39.5 Å². The predicted octanol–water partition coefficient (Wildman–Crippen LogP) is 2.40. The lowest BCUT2D eigenvalue weighted by Gasteiger charge is -2.22. The molecule has 0 heterocycles. The van der Waals surface area contributed by atoms with Crippen LogP contribution in [-0.4, -0.2) is 29.4 Å². The summed E-state index contributed by atoms with van der Waals surface area (Å²) in [5, 5.41) is 18.9. The van der Waals surface area contributed by atoms with Crippen LogP contribution < -0.4 is 0 Å². The Bertz CT molecular complexity index is 458. The molecule has 0 aromatic heterocycles. The molecule has 4 heteroatoms. The Labute approximate surface area is 114 Å². The van der Waals surface area contributed by atoms with Crippen LogP contribution in [0.4, 0.5) is 0 Å². The second-order valence-corrected chi connectivity index (χ2v) is 5.49. The van der Waals surface area contributed by atoms with Crippen molar-refractivity contribution >= 4 is 5.97 Å². The lowest BCUT2D eigenvalue weighted by molar-refractivity contribution is 0.0433. The summed E-state index contributed by atoms with van der Waals surface area (Å²) in [6.45, 7) is 7.63. The number of phenols is 1. The van der Waals surface area contributed by atoms with E-state index in [1.807, 2.05) is 27.7 Å². The summed E-state index contributed by atoms with van der Waals surface area (Å²) in [7, 11) is 0. The Hall–Kier alpha value is -1.55. The zero-order valence-electron chi connectivity index (χ0n) is 12.0. The van der Waals surface area contributed by atoms with Crippen LogP contribution in [0, 0.1) is 0 Å². The van der Waals surface area contributed by atoms with E-state index in [2.05, 4.69) is 0 Å². The normalized spacial score (nSPS) is 11.4. The molecule has 0 atom stereocenters. The van der Waals surface area contributed by atoms with Gasteiger partial charge in [-0.15, -0.1) is 0 Å². The van der Waals surface area contributed by atoms with Gasteiger partial charge in [0.05, 0.1) is 12.2 Å². The molecule has 0 aliphatic carbocycles. The van der Waals surface area contributed by atoms with Crippen LogP contribution in [-0.2, 0) is 16.6 Å². The molecule has 0 aliphatic heterocycles. The number of hydrogen-bond acceptors (Lipinski definition) is 4. The Morgan fingerprint density at radius 1 is 1.32 bits per heavy atom. The third-order valence-electron chi connectivity index (χ3n) is 2.94. The number of carbonyl (C=O) groups is 1. The van der Waals surface area contributed by atoms with E-state index in [0.717, 1.165) is 11.1 Å². The zero-order chi connectivity index (χ0) is 14.6. The van der Waals surface area contributed by atoms with Crippen LogP contribution in [0.25, 0.3) is 0 Å². The van der Waals surface area contributed by atoms with Crippen molar-refractivity contribution in [1.29, 1.82) is 0 Å². The van der Waals surface area contributed by atoms with Gasteiger partial charge in [-0.25, -0.2) is 4.79 Å². The lowest BCUT2D eigenvalue weighted by Crippen LogP contribution is -2.15. The molecule has 19 heavy (non-hydrogen) atoms. The monoisotopic (exact) mass is 266 g/mol. The summed E-state index contributed by atoms with van der Waals surface area (Å²) in [6.07, 6.45) is 0.635. The lowest BCUT2D eigenvalue weighted by atomic mass is 9.83. The number of phenolic OH excluding ortho intramolecular Hbond substituents is 1. The summed E-state index contributed by atoms with van der Waals surface area (Å²) < 4.78 is 4.91. The predicted molar refractivity (Wildman–Crippen MR) is 73.6 cm³/mol. The molecule has 1 aromatic carbocycles. The van der Waals surface area contributed by atoms with E-state index in [1.165, 1.54) is 0 Å².